The van der Waals surface area contributed by atoms with E-state index in [-0.39, 0.29) is 0 Å². The first kappa shape index (κ1) is 12.8. The van der Waals surface area contributed by atoms with Gasteiger partial charge in [0.15, 0.2) is 0 Å². The van der Waals surface area contributed by atoms with Gasteiger partial charge in [-0.25, -0.2) is 0 Å². The SMILES string of the molecule is CCn1cc(C(C)NCc2cnccc2C)cn1. The molecule has 18 heavy (non-hydrogen) atoms. The fraction of sp³-hybridized carbons (Fsp3) is 0.429. The fourth-order valence-corrected chi connectivity index (χ4v) is 1.84. The minimum Gasteiger partial charge on any atom is -0.306 e. The number of aromatic nitrogens is 3. The summed E-state index contributed by atoms with van der Waals surface area (Å²) in [7, 11) is 0. The second kappa shape index (κ2) is 5.78. The molecule has 0 aliphatic carbocycles. The lowest BCUT2D eigenvalue weighted by Crippen LogP contribution is -2.18. The Kier molecular flexibility index (Phi) is 4.10. The molecule has 2 rings (SSSR count). The summed E-state index contributed by atoms with van der Waals surface area (Å²) in [4.78, 5) is 4.16. The lowest BCUT2D eigenvalue weighted by Gasteiger charge is -2.13. The van der Waals surface area contributed by atoms with E-state index >= 15 is 0 Å². The van der Waals surface area contributed by atoms with Crippen LogP contribution in [0.15, 0.2) is 30.9 Å². The van der Waals surface area contributed by atoms with Crippen molar-refractivity contribution in [3.63, 3.8) is 0 Å². The molecular weight excluding hydrogens is 224 g/mol. The van der Waals surface area contributed by atoms with Crippen LogP contribution < -0.4 is 5.32 Å². The zero-order valence-corrected chi connectivity index (χ0v) is 11.2. The molecule has 0 aliphatic rings. The van der Waals surface area contributed by atoms with E-state index in [0.29, 0.717) is 6.04 Å². The third-order valence-corrected chi connectivity index (χ3v) is 3.22. The first-order valence-corrected chi connectivity index (χ1v) is 6.36. The van der Waals surface area contributed by atoms with E-state index < -0.39 is 0 Å². The van der Waals surface area contributed by atoms with E-state index in [1.807, 2.05) is 29.3 Å². The lowest BCUT2D eigenvalue weighted by molar-refractivity contribution is 0.570. The number of hydrogen-bond donors (Lipinski definition) is 1. The van der Waals surface area contributed by atoms with Gasteiger partial charge in [-0.3, -0.25) is 9.67 Å². The highest BCUT2D eigenvalue weighted by molar-refractivity contribution is 5.21. The first-order valence-electron chi connectivity index (χ1n) is 6.36. The van der Waals surface area contributed by atoms with Gasteiger partial charge in [0, 0.05) is 43.3 Å². The second-order valence-corrected chi connectivity index (χ2v) is 4.53. The Morgan fingerprint density at radius 1 is 1.39 bits per heavy atom. The third-order valence-electron chi connectivity index (χ3n) is 3.22. The summed E-state index contributed by atoms with van der Waals surface area (Å²) in [6.45, 7) is 8.10. The number of hydrogen-bond acceptors (Lipinski definition) is 3. The Balaban J connectivity index is 1.96. The zero-order chi connectivity index (χ0) is 13.0. The van der Waals surface area contributed by atoms with Gasteiger partial charge in [-0.1, -0.05) is 0 Å². The average Bonchev–Trinajstić information content (AvgIpc) is 2.86. The van der Waals surface area contributed by atoms with Crippen LogP contribution >= 0.6 is 0 Å². The number of pyridine rings is 1. The smallest absolute Gasteiger partial charge is 0.0537 e. The van der Waals surface area contributed by atoms with Crippen molar-refractivity contribution in [2.24, 2.45) is 0 Å². The van der Waals surface area contributed by atoms with Crippen LogP contribution in [0.3, 0.4) is 0 Å². The van der Waals surface area contributed by atoms with Gasteiger partial charge in [0.05, 0.1) is 6.20 Å². The van der Waals surface area contributed by atoms with Gasteiger partial charge in [-0.05, 0) is 38.0 Å². The van der Waals surface area contributed by atoms with Crippen LogP contribution in [-0.2, 0) is 13.1 Å². The molecule has 1 unspecified atom stereocenters. The molecule has 0 radical (unpaired) electrons. The summed E-state index contributed by atoms with van der Waals surface area (Å²) in [5.74, 6) is 0. The zero-order valence-electron chi connectivity index (χ0n) is 11.2. The Morgan fingerprint density at radius 2 is 2.22 bits per heavy atom. The lowest BCUT2D eigenvalue weighted by atomic mass is 10.1. The summed E-state index contributed by atoms with van der Waals surface area (Å²) in [6.07, 6.45) is 7.77. The molecule has 1 N–H and O–H groups in total. The number of nitrogens with one attached hydrogen (secondary N) is 1. The Hall–Kier alpha value is -1.68. The number of aryl methyl sites for hydroxylation is 2. The molecule has 4 heteroatoms. The van der Waals surface area contributed by atoms with Crippen molar-refractivity contribution in [3.8, 4) is 0 Å². The molecule has 2 aromatic heterocycles. The van der Waals surface area contributed by atoms with Gasteiger partial charge in [0.2, 0.25) is 0 Å². The van der Waals surface area contributed by atoms with Gasteiger partial charge in [-0.15, -0.1) is 0 Å². The first-order chi connectivity index (χ1) is 8.70. The summed E-state index contributed by atoms with van der Waals surface area (Å²) in [5, 5.41) is 7.79. The van der Waals surface area contributed by atoms with E-state index in [2.05, 4.69) is 42.4 Å². The van der Waals surface area contributed by atoms with E-state index in [0.717, 1.165) is 13.1 Å². The number of rotatable bonds is 5. The molecule has 0 amide bonds. The van der Waals surface area contributed by atoms with E-state index in [1.165, 1.54) is 16.7 Å². The molecule has 2 heterocycles. The van der Waals surface area contributed by atoms with Crippen LogP contribution in [0.4, 0.5) is 0 Å². The maximum atomic E-state index is 4.29. The minimum absolute atomic E-state index is 0.296. The molecular formula is C14H20N4. The van der Waals surface area contributed by atoms with Crippen molar-refractivity contribution in [2.45, 2.75) is 39.9 Å². The highest BCUT2D eigenvalue weighted by Crippen LogP contribution is 2.13. The van der Waals surface area contributed by atoms with Crippen LogP contribution in [0.2, 0.25) is 0 Å². The van der Waals surface area contributed by atoms with E-state index in [1.54, 1.807) is 0 Å². The standard InChI is InChI=1S/C14H20N4/c1-4-18-10-14(9-17-18)12(3)16-8-13-7-15-6-5-11(13)2/h5-7,9-10,12,16H,4,8H2,1-3H3. The Labute approximate surface area is 108 Å². The van der Waals surface area contributed by atoms with Crippen molar-refractivity contribution >= 4 is 0 Å². The summed E-state index contributed by atoms with van der Waals surface area (Å²) in [5.41, 5.74) is 3.74. The Morgan fingerprint density at radius 3 is 2.89 bits per heavy atom. The predicted molar refractivity (Wildman–Crippen MR) is 72.1 cm³/mol. The fourth-order valence-electron chi connectivity index (χ4n) is 1.84. The Bertz CT molecular complexity index is 504. The quantitative estimate of drug-likeness (QED) is 0.878. The third kappa shape index (κ3) is 2.96. The molecule has 1 atom stereocenters. The van der Waals surface area contributed by atoms with Crippen molar-refractivity contribution in [3.05, 3.63) is 47.5 Å². The molecule has 0 bridgehead atoms. The van der Waals surface area contributed by atoms with Crippen molar-refractivity contribution in [1.82, 2.24) is 20.1 Å². The maximum Gasteiger partial charge on any atom is 0.0537 e. The average molecular weight is 244 g/mol. The predicted octanol–water partition coefficient (Wildman–Crippen LogP) is 2.46. The highest BCUT2D eigenvalue weighted by atomic mass is 15.3. The molecule has 0 saturated carbocycles. The highest BCUT2D eigenvalue weighted by Gasteiger charge is 2.08. The molecule has 0 fully saturated rings. The van der Waals surface area contributed by atoms with Gasteiger partial charge in [0.1, 0.15) is 0 Å². The summed E-state index contributed by atoms with van der Waals surface area (Å²) < 4.78 is 1.95. The van der Waals surface area contributed by atoms with Crippen LogP contribution in [-0.4, -0.2) is 14.8 Å². The van der Waals surface area contributed by atoms with Gasteiger partial charge >= 0.3 is 0 Å². The van der Waals surface area contributed by atoms with Crippen LogP contribution in [0.1, 0.15) is 36.6 Å². The van der Waals surface area contributed by atoms with Gasteiger partial charge in [0.25, 0.3) is 0 Å². The molecule has 2 aromatic rings. The summed E-state index contributed by atoms with van der Waals surface area (Å²) in [6, 6.07) is 2.33. The van der Waals surface area contributed by atoms with Crippen molar-refractivity contribution in [2.75, 3.05) is 0 Å². The van der Waals surface area contributed by atoms with E-state index in [9.17, 15) is 0 Å². The largest absolute Gasteiger partial charge is 0.306 e. The maximum absolute atomic E-state index is 4.29. The van der Waals surface area contributed by atoms with Crippen molar-refractivity contribution in [1.29, 1.82) is 0 Å². The molecule has 0 aliphatic heterocycles. The van der Waals surface area contributed by atoms with Gasteiger partial charge in [-0.2, -0.15) is 5.10 Å². The van der Waals surface area contributed by atoms with E-state index in [4.69, 9.17) is 0 Å². The van der Waals surface area contributed by atoms with Crippen LogP contribution in [0.25, 0.3) is 0 Å². The molecule has 4 nitrogen and oxygen atoms in total. The normalized spacial score (nSPS) is 12.6. The van der Waals surface area contributed by atoms with Crippen LogP contribution in [0, 0.1) is 6.92 Å². The van der Waals surface area contributed by atoms with Crippen molar-refractivity contribution < 1.29 is 0 Å². The monoisotopic (exact) mass is 244 g/mol. The number of nitrogens with zero attached hydrogens (tertiary/aromatic N) is 3. The molecule has 0 saturated heterocycles. The topological polar surface area (TPSA) is 42.7 Å². The molecule has 0 spiro atoms. The molecule has 96 valence electrons. The summed E-state index contributed by atoms with van der Waals surface area (Å²) >= 11 is 0. The second-order valence-electron chi connectivity index (χ2n) is 4.53. The van der Waals surface area contributed by atoms with Crippen LogP contribution in [0.5, 0.6) is 0 Å². The molecule has 0 aromatic carbocycles. The van der Waals surface area contributed by atoms with Gasteiger partial charge < -0.3 is 5.32 Å². The minimum atomic E-state index is 0.296.